The zero-order valence-electron chi connectivity index (χ0n) is 48.3. The lowest BCUT2D eigenvalue weighted by Gasteiger charge is -2.30. The molecule has 10 atom stereocenters. The number of nitrogens with one attached hydrogen (secondary N) is 9. The first-order chi connectivity index (χ1) is 38.4. The van der Waals surface area contributed by atoms with Crippen molar-refractivity contribution in [2.45, 2.75) is 174 Å². The lowest BCUT2D eigenvalue weighted by atomic mass is 9.97. The largest absolute Gasteiger partial charge is 0.480 e. The fourth-order valence-electron chi connectivity index (χ4n) is 8.06. The second-order valence-corrected chi connectivity index (χ2v) is 21.1. The van der Waals surface area contributed by atoms with Crippen LogP contribution in [0.25, 0.3) is 0 Å². The molecule has 0 bridgehead atoms. The van der Waals surface area contributed by atoms with E-state index in [0.29, 0.717) is 37.8 Å². The first-order valence-electron chi connectivity index (χ1n) is 27.5. The number of primary amides is 2. The van der Waals surface area contributed by atoms with Gasteiger partial charge in [-0.3, -0.25) is 57.7 Å². The highest BCUT2D eigenvalue weighted by Gasteiger charge is 2.37. The van der Waals surface area contributed by atoms with E-state index in [4.69, 9.17) is 34.4 Å². The summed E-state index contributed by atoms with van der Waals surface area (Å²) in [6.45, 7) is 12.8. The average Bonchev–Trinajstić information content (AvgIpc) is 3.40. The molecule has 82 heavy (non-hydrogen) atoms. The van der Waals surface area contributed by atoms with Crippen LogP contribution in [0, 0.1) is 23.7 Å². The molecule has 0 aliphatic carbocycles. The number of rotatable bonds is 39. The van der Waals surface area contributed by atoms with Crippen LogP contribution in [0.5, 0.6) is 0 Å². The van der Waals surface area contributed by atoms with Crippen molar-refractivity contribution < 1.29 is 62.6 Å². The van der Waals surface area contributed by atoms with Gasteiger partial charge in [0.15, 0.2) is 5.96 Å². The van der Waals surface area contributed by atoms with Gasteiger partial charge in [0.25, 0.3) is 0 Å². The van der Waals surface area contributed by atoms with Gasteiger partial charge >= 0.3 is 5.97 Å². The van der Waals surface area contributed by atoms with E-state index in [-0.39, 0.29) is 37.7 Å². The van der Waals surface area contributed by atoms with E-state index in [9.17, 15) is 62.6 Å². The summed E-state index contributed by atoms with van der Waals surface area (Å²) >= 11 is 0. The highest BCUT2D eigenvalue weighted by atomic mass is 16.4. The molecule has 460 valence electrons. The van der Waals surface area contributed by atoms with Crippen molar-refractivity contribution in [3.8, 4) is 0 Å². The molecule has 0 saturated heterocycles. The van der Waals surface area contributed by atoms with Crippen molar-refractivity contribution >= 4 is 76.9 Å². The molecule has 1 aromatic carbocycles. The zero-order chi connectivity index (χ0) is 62.4. The Morgan fingerprint density at radius 1 is 0.524 bits per heavy atom. The summed E-state index contributed by atoms with van der Waals surface area (Å²) in [5.74, 6) is -13.6. The number of aliphatic imine (C=N–C) groups is 1. The van der Waals surface area contributed by atoms with E-state index in [1.165, 1.54) is 13.8 Å². The van der Waals surface area contributed by atoms with Crippen LogP contribution in [0.3, 0.4) is 0 Å². The molecular weight excluding hydrogens is 1070 g/mol. The Morgan fingerprint density at radius 2 is 1.01 bits per heavy atom. The van der Waals surface area contributed by atoms with Gasteiger partial charge in [0, 0.05) is 19.4 Å². The highest BCUT2D eigenvalue weighted by molar-refractivity contribution is 5.99. The Kier molecular flexibility index (Phi) is 32.6. The monoisotopic (exact) mass is 1160 g/mol. The van der Waals surface area contributed by atoms with E-state index in [0.717, 1.165) is 0 Å². The maximum Gasteiger partial charge on any atom is 0.326 e. The molecule has 0 fully saturated rings. The minimum absolute atomic E-state index is 0.0460. The minimum atomic E-state index is -1.72. The molecule has 0 saturated carbocycles. The van der Waals surface area contributed by atoms with Gasteiger partial charge in [0.1, 0.15) is 48.3 Å². The number of carboxylic acid groups (broad SMARTS) is 1. The van der Waals surface area contributed by atoms with E-state index < -0.39 is 169 Å². The Balaban J connectivity index is 3.51. The summed E-state index contributed by atoms with van der Waals surface area (Å²) in [5.41, 5.74) is 33.9. The van der Waals surface area contributed by atoms with Gasteiger partial charge in [0.2, 0.25) is 65.0 Å². The van der Waals surface area contributed by atoms with Crippen LogP contribution in [-0.4, -0.2) is 156 Å². The van der Waals surface area contributed by atoms with Gasteiger partial charge in [-0.2, -0.15) is 0 Å². The molecule has 29 heteroatoms. The third-order valence-electron chi connectivity index (χ3n) is 13.1. The number of nitrogens with zero attached hydrogens (tertiary/aromatic N) is 1. The standard InChI is InChI=1S/C53H90N16O13/c1-9-30(8)43(69-44(73)32(55)18-13-14-22-54)49(78)61-26-39(72)62-33(19-15-23-60-53(58)59)45(74)64-35(24-31-16-11-10-12-17-31)47(76)66-41(28(4)5)51(80)67-40(27(2)3)50(79)63-34(20-21-37(56)70)46(75)65-36(25-38(57)71)48(77)68-42(29(6)7)52(81)82/h10-12,16-17,27-30,32-36,40-43H,9,13-15,18-26,54-55H2,1-8H3,(H2,56,70)(H2,57,71)(H,61,78)(H,62,72)(H,63,79)(H,64,74)(H,65,75)(H,66,76)(H,67,80)(H,68,77)(H,69,73)(H,81,82)(H4,58,59,60)/t30-,32-,33-,34-,35-,36-,40-,41-,42-,43-/m0/s1. The lowest BCUT2D eigenvalue weighted by Crippen LogP contribution is -2.62. The van der Waals surface area contributed by atoms with Gasteiger partial charge in [-0.25, -0.2) is 4.79 Å². The Hall–Kier alpha value is -7.95. The zero-order valence-corrected chi connectivity index (χ0v) is 48.3. The molecule has 0 aromatic heterocycles. The van der Waals surface area contributed by atoms with E-state index in [1.54, 1.807) is 65.0 Å². The van der Waals surface area contributed by atoms with Crippen LogP contribution >= 0.6 is 0 Å². The summed E-state index contributed by atoms with van der Waals surface area (Å²) in [6, 6.07) is -3.75. The first kappa shape index (κ1) is 72.1. The number of carbonyl (C=O) groups is 12. The number of hydrogen-bond acceptors (Lipinski definition) is 15. The number of benzene rings is 1. The van der Waals surface area contributed by atoms with Crippen molar-refractivity contribution in [2.75, 3.05) is 19.6 Å². The normalized spacial score (nSPS) is 14.8. The number of nitrogens with two attached hydrogens (primary N) is 6. The molecule has 22 N–H and O–H groups in total. The minimum Gasteiger partial charge on any atom is -0.480 e. The lowest BCUT2D eigenvalue weighted by molar-refractivity contribution is -0.143. The molecule has 0 spiro atoms. The molecule has 1 rings (SSSR count). The predicted octanol–water partition coefficient (Wildman–Crippen LogP) is -4.03. The van der Waals surface area contributed by atoms with Crippen molar-refractivity contribution in [3.63, 3.8) is 0 Å². The maximum absolute atomic E-state index is 14.4. The number of carbonyl (C=O) groups excluding carboxylic acids is 11. The van der Waals surface area contributed by atoms with Crippen molar-refractivity contribution in [2.24, 2.45) is 63.1 Å². The van der Waals surface area contributed by atoms with Crippen LogP contribution < -0.4 is 82.3 Å². The summed E-state index contributed by atoms with van der Waals surface area (Å²) in [5, 5.41) is 32.4. The fourth-order valence-corrected chi connectivity index (χ4v) is 8.06. The third kappa shape index (κ3) is 27.0. The average molecular weight is 1160 g/mol. The van der Waals surface area contributed by atoms with Crippen LogP contribution in [0.2, 0.25) is 0 Å². The van der Waals surface area contributed by atoms with Gasteiger partial charge in [-0.15, -0.1) is 0 Å². The maximum atomic E-state index is 14.4. The third-order valence-corrected chi connectivity index (χ3v) is 13.1. The summed E-state index contributed by atoms with van der Waals surface area (Å²) in [6.07, 6.45) is 0.394. The Morgan fingerprint density at radius 3 is 1.52 bits per heavy atom. The summed E-state index contributed by atoms with van der Waals surface area (Å²) in [4.78, 5) is 164. The topological polar surface area (TPSA) is 502 Å². The Bertz CT molecular complexity index is 2350. The van der Waals surface area contributed by atoms with Crippen LogP contribution in [0.4, 0.5) is 0 Å². The number of amides is 11. The molecule has 1 aromatic rings. The molecule has 11 amide bonds. The molecule has 29 nitrogen and oxygen atoms in total. The molecule has 0 heterocycles. The molecular formula is C53H90N16O13. The number of guanidine groups is 1. The first-order valence-corrected chi connectivity index (χ1v) is 27.5. The predicted molar refractivity (Wildman–Crippen MR) is 303 cm³/mol. The summed E-state index contributed by atoms with van der Waals surface area (Å²) in [7, 11) is 0. The highest BCUT2D eigenvalue weighted by Crippen LogP contribution is 2.13. The van der Waals surface area contributed by atoms with Crippen LogP contribution in [0.15, 0.2) is 35.3 Å². The quantitative estimate of drug-likeness (QED) is 0.0170. The smallest absolute Gasteiger partial charge is 0.326 e. The second-order valence-electron chi connectivity index (χ2n) is 21.1. The number of hydrogen-bond donors (Lipinski definition) is 16. The van der Waals surface area contributed by atoms with Gasteiger partial charge in [-0.05, 0) is 67.9 Å². The van der Waals surface area contributed by atoms with Crippen molar-refractivity contribution in [1.29, 1.82) is 0 Å². The van der Waals surface area contributed by atoms with E-state index in [2.05, 4.69) is 52.8 Å². The SMILES string of the molecule is CC[C@H](C)[C@H](NC(=O)[C@@H](N)CCCCN)C(=O)NCC(=O)N[C@@H](CCCN=C(N)N)C(=O)N[C@@H](Cc1ccccc1)C(=O)N[C@H](C(=O)N[C@H](C(=O)N[C@@H](CCC(N)=O)C(=O)N[C@@H](CC(N)=O)C(=O)N[C@H](C(=O)O)C(C)C)C(C)C)C(C)C. The van der Waals surface area contributed by atoms with Crippen molar-refractivity contribution in [1.82, 2.24) is 47.9 Å². The molecule has 0 aliphatic heterocycles. The van der Waals surface area contributed by atoms with Crippen LogP contribution in [-0.2, 0) is 64.0 Å². The van der Waals surface area contributed by atoms with Gasteiger partial charge in [-0.1, -0.05) is 98.6 Å². The van der Waals surface area contributed by atoms with Crippen LogP contribution in [0.1, 0.15) is 119 Å². The van der Waals surface area contributed by atoms with Gasteiger partial charge in [0.05, 0.1) is 19.0 Å². The van der Waals surface area contributed by atoms with E-state index in [1.807, 2.05) is 6.92 Å². The molecule has 0 unspecified atom stereocenters. The summed E-state index contributed by atoms with van der Waals surface area (Å²) < 4.78 is 0. The molecule has 0 aliphatic rings. The fraction of sp³-hybridized carbons (Fsp3) is 0.642. The Labute approximate surface area is 478 Å². The van der Waals surface area contributed by atoms with Gasteiger partial charge < -0.3 is 87.4 Å². The number of carboxylic acids is 1. The van der Waals surface area contributed by atoms with E-state index >= 15 is 0 Å². The second kappa shape index (κ2) is 37.1. The van der Waals surface area contributed by atoms with Crippen molar-refractivity contribution in [3.05, 3.63) is 35.9 Å². The molecule has 0 radical (unpaired) electrons. The number of aliphatic carboxylic acids is 1. The number of unbranched alkanes of at least 4 members (excludes halogenated alkanes) is 1.